The van der Waals surface area contributed by atoms with E-state index in [2.05, 4.69) is 15.3 Å². The molecular weight excluding hydrogens is 194 g/mol. The fourth-order valence-corrected chi connectivity index (χ4v) is 0.794. The normalized spacial score (nSPS) is 10.8. The van der Waals surface area contributed by atoms with Gasteiger partial charge in [0.2, 0.25) is 5.91 Å². The van der Waals surface area contributed by atoms with Crippen molar-refractivity contribution in [2.24, 2.45) is 10.9 Å². The lowest BCUT2D eigenvalue weighted by Crippen LogP contribution is -2.17. The van der Waals surface area contributed by atoms with Crippen LogP contribution >= 0.6 is 11.8 Å². The van der Waals surface area contributed by atoms with E-state index in [1.54, 1.807) is 6.92 Å². The molecule has 2 amide bonds. The van der Waals surface area contributed by atoms with E-state index in [9.17, 15) is 9.59 Å². The van der Waals surface area contributed by atoms with E-state index in [-0.39, 0.29) is 5.75 Å². The van der Waals surface area contributed by atoms with Gasteiger partial charge in [-0.2, -0.15) is 0 Å². The molecule has 0 heterocycles. The molecule has 0 fully saturated rings. The number of carbonyl (C=O) groups excluding carboxylic acids is 2. The Balaban J connectivity index is 3.75. The Morgan fingerprint density at radius 3 is 2.69 bits per heavy atom. The number of oxime groups is 1. The van der Waals surface area contributed by atoms with Gasteiger partial charge in [0.1, 0.15) is 5.04 Å². The molecule has 7 heteroatoms. The molecule has 0 bridgehead atoms. The minimum atomic E-state index is -0.654. The molecular formula is C6H11N3O3S. The lowest BCUT2D eigenvalue weighted by molar-refractivity contribution is -0.115. The molecule has 0 saturated carbocycles. The van der Waals surface area contributed by atoms with Crippen molar-refractivity contribution in [2.75, 3.05) is 12.8 Å². The number of nitrogens with two attached hydrogens (primary N) is 1. The monoisotopic (exact) mass is 205 g/mol. The lowest BCUT2D eigenvalue weighted by Gasteiger charge is -1.97. The fraction of sp³-hybridized carbons (Fsp3) is 0.500. The van der Waals surface area contributed by atoms with Crippen LogP contribution in [0.25, 0.3) is 0 Å². The summed E-state index contributed by atoms with van der Waals surface area (Å²) in [4.78, 5) is 25.2. The fourth-order valence-electron chi connectivity index (χ4n) is 0.353. The predicted molar refractivity (Wildman–Crippen MR) is 50.3 cm³/mol. The van der Waals surface area contributed by atoms with Gasteiger partial charge in [0.25, 0.3) is 0 Å². The maximum absolute atomic E-state index is 10.5. The van der Waals surface area contributed by atoms with Gasteiger partial charge < -0.3 is 11.1 Å². The number of primary amides is 1. The van der Waals surface area contributed by atoms with E-state index in [0.717, 1.165) is 11.8 Å². The van der Waals surface area contributed by atoms with Gasteiger partial charge in [-0.1, -0.05) is 16.9 Å². The largest absolute Gasteiger partial charge is 0.433 e. The Morgan fingerprint density at radius 2 is 2.23 bits per heavy atom. The van der Waals surface area contributed by atoms with Gasteiger partial charge in [0, 0.05) is 7.05 Å². The molecule has 0 unspecified atom stereocenters. The molecule has 0 saturated heterocycles. The van der Waals surface area contributed by atoms with Gasteiger partial charge in [-0.3, -0.25) is 9.63 Å². The Kier molecular flexibility index (Phi) is 5.69. The number of rotatable bonds is 3. The first-order valence-electron chi connectivity index (χ1n) is 3.40. The summed E-state index contributed by atoms with van der Waals surface area (Å²) >= 11 is 1.11. The van der Waals surface area contributed by atoms with E-state index in [1.807, 2.05) is 0 Å². The second-order valence-electron chi connectivity index (χ2n) is 1.99. The third kappa shape index (κ3) is 7.13. The zero-order valence-electron chi connectivity index (χ0n) is 7.36. The average Bonchev–Trinajstić information content (AvgIpc) is 2.10. The van der Waals surface area contributed by atoms with Crippen molar-refractivity contribution in [3.8, 4) is 0 Å². The highest BCUT2D eigenvalue weighted by molar-refractivity contribution is 8.14. The van der Waals surface area contributed by atoms with Crippen LogP contribution in [0.2, 0.25) is 0 Å². The van der Waals surface area contributed by atoms with Gasteiger partial charge in [-0.15, -0.1) is 0 Å². The minimum Gasteiger partial charge on any atom is -0.369 e. The Morgan fingerprint density at radius 1 is 1.62 bits per heavy atom. The second-order valence-corrected chi connectivity index (χ2v) is 3.16. The maximum atomic E-state index is 10.5. The van der Waals surface area contributed by atoms with Crippen LogP contribution in [0.15, 0.2) is 5.16 Å². The van der Waals surface area contributed by atoms with E-state index in [0.29, 0.717) is 5.04 Å². The molecule has 6 nitrogen and oxygen atoms in total. The van der Waals surface area contributed by atoms with Gasteiger partial charge in [-0.25, -0.2) is 4.79 Å². The van der Waals surface area contributed by atoms with Gasteiger partial charge in [-0.05, 0) is 6.92 Å². The third-order valence-corrected chi connectivity index (χ3v) is 1.81. The summed E-state index contributed by atoms with van der Waals surface area (Å²) in [5, 5.41) is 6.10. The SMILES string of the molecule is CNC(=O)ON=C(C)SCC(N)=O. The minimum absolute atomic E-state index is 0.117. The first-order chi connectivity index (χ1) is 6.06. The number of amides is 2. The van der Waals surface area contributed by atoms with Crippen molar-refractivity contribution < 1.29 is 14.4 Å². The molecule has 0 radical (unpaired) electrons. The van der Waals surface area contributed by atoms with Crippen molar-refractivity contribution in [2.45, 2.75) is 6.92 Å². The van der Waals surface area contributed by atoms with Crippen LogP contribution in [0.3, 0.4) is 0 Å². The highest BCUT2D eigenvalue weighted by Crippen LogP contribution is 2.02. The highest BCUT2D eigenvalue weighted by Gasteiger charge is 2.00. The second kappa shape index (κ2) is 6.30. The summed E-state index contributed by atoms with van der Waals surface area (Å²) in [7, 11) is 1.42. The van der Waals surface area contributed by atoms with Crippen LogP contribution in [0.1, 0.15) is 6.92 Å². The van der Waals surface area contributed by atoms with E-state index < -0.39 is 12.0 Å². The smallest absolute Gasteiger partial charge is 0.369 e. The summed E-state index contributed by atoms with van der Waals surface area (Å²) in [5.74, 6) is -0.327. The average molecular weight is 205 g/mol. The quantitative estimate of drug-likeness (QED) is 0.291. The van der Waals surface area contributed by atoms with Crippen LogP contribution in [0.5, 0.6) is 0 Å². The summed E-state index contributed by atoms with van der Waals surface area (Å²) < 4.78 is 0. The van der Waals surface area contributed by atoms with Gasteiger partial charge in [0.05, 0.1) is 5.75 Å². The Labute approximate surface area is 79.9 Å². The number of carbonyl (C=O) groups is 2. The first kappa shape index (κ1) is 11.8. The topological polar surface area (TPSA) is 93.8 Å². The van der Waals surface area contributed by atoms with Crippen LogP contribution in [0.4, 0.5) is 4.79 Å². The lowest BCUT2D eigenvalue weighted by atomic mass is 10.8. The van der Waals surface area contributed by atoms with Crippen LogP contribution < -0.4 is 11.1 Å². The number of hydrogen-bond acceptors (Lipinski definition) is 5. The summed E-state index contributed by atoms with van der Waals surface area (Å²) in [6, 6.07) is 0. The molecule has 0 aliphatic heterocycles. The summed E-state index contributed by atoms with van der Waals surface area (Å²) in [6.45, 7) is 1.61. The van der Waals surface area contributed by atoms with Crippen molar-refractivity contribution in [1.82, 2.24) is 5.32 Å². The van der Waals surface area contributed by atoms with Crippen molar-refractivity contribution in [3.05, 3.63) is 0 Å². The Hall–Kier alpha value is -1.24. The van der Waals surface area contributed by atoms with Crippen molar-refractivity contribution >= 4 is 28.8 Å². The summed E-state index contributed by atoms with van der Waals surface area (Å²) in [5.41, 5.74) is 4.89. The van der Waals surface area contributed by atoms with Crippen LogP contribution in [0, 0.1) is 0 Å². The van der Waals surface area contributed by atoms with Crippen LogP contribution in [-0.2, 0) is 9.63 Å². The molecule has 0 aromatic heterocycles. The Bertz CT molecular complexity index is 229. The molecule has 0 atom stereocenters. The first-order valence-corrected chi connectivity index (χ1v) is 4.39. The molecule has 0 aliphatic carbocycles. The van der Waals surface area contributed by atoms with E-state index >= 15 is 0 Å². The number of thioether (sulfide) groups is 1. The molecule has 0 aliphatic rings. The maximum Gasteiger partial charge on any atom is 0.433 e. The van der Waals surface area contributed by atoms with E-state index in [4.69, 9.17) is 5.73 Å². The molecule has 0 aromatic rings. The van der Waals surface area contributed by atoms with Crippen LogP contribution in [-0.4, -0.2) is 29.8 Å². The third-order valence-electron chi connectivity index (χ3n) is 0.885. The van der Waals surface area contributed by atoms with Crippen molar-refractivity contribution in [1.29, 1.82) is 0 Å². The summed E-state index contributed by atoms with van der Waals surface area (Å²) in [6.07, 6.45) is -0.654. The predicted octanol–water partition coefficient (Wildman–Crippen LogP) is -0.106. The molecule has 0 aromatic carbocycles. The molecule has 13 heavy (non-hydrogen) atoms. The highest BCUT2D eigenvalue weighted by atomic mass is 32.2. The molecule has 3 N–H and O–H groups in total. The van der Waals surface area contributed by atoms with Gasteiger partial charge >= 0.3 is 6.09 Å². The number of nitrogens with zero attached hydrogens (tertiary/aromatic N) is 1. The molecule has 0 rings (SSSR count). The zero-order chi connectivity index (χ0) is 10.3. The standard InChI is InChI=1S/C6H11N3O3S/c1-4(13-3-5(7)10)9-12-6(11)8-2/h3H2,1-2H3,(H2,7,10)(H,8,11). The number of nitrogens with one attached hydrogen (secondary N) is 1. The van der Waals surface area contributed by atoms with E-state index in [1.165, 1.54) is 7.05 Å². The molecule has 0 spiro atoms. The van der Waals surface area contributed by atoms with Crippen molar-refractivity contribution in [3.63, 3.8) is 0 Å². The number of hydrogen-bond donors (Lipinski definition) is 2. The zero-order valence-corrected chi connectivity index (χ0v) is 8.18. The molecule has 74 valence electrons. The van der Waals surface area contributed by atoms with Gasteiger partial charge in [0.15, 0.2) is 0 Å².